The number of carboxylic acid groups (broad SMARTS) is 1. The van der Waals surface area contributed by atoms with Crippen LogP contribution < -0.4 is 10.6 Å². The SMILES string of the molecule is CC1(CNC(=O)N[C@@H](Cc2cnc[nH]2)C(=O)O)CCCC1. The quantitative estimate of drug-likeness (QED) is 0.634. The topological polar surface area (TPSA) is 107 Å². The van der Waals surface area contributed by atoms with Crippen LogP contribution >= 0.6 is 0 Å². The van der Waals surface area contributed by atoms with Gasteiger partial charge in [-0.05, 0) is 18.3 Å². The summed E-state index contributed by atoms with van der Waals surface area (Å²) in [7, 11) is 0. The summed E-state index contributed by atoms with van der Waals surface area (Å²) in [6, 6.07) is -1.41. The number of aliphatic carboxylic acids is 1. The second-order valence-corrected chi connectivity index (χ2v) is 6.02. The average Bonchev–Trinajstić information content (AvgIpc) is 3.08. The zero-order valence-corrected chi connectivity index (χ0v) is 12.2. The molecular formula is C14H22N4O3. The van der Waals surface area contributed by atoms with Crippen LogP contribution in [0.1, 0.15) is 38.3 Å². The van der Waals surface area contributed by atoms with E-state index < -0.39 is 18.0 Å². The number of amides is 2. The van der Waals surface area contributed by atoms with Crippen molar-refractivity contribution in [2.75, 3.05) is 6.54 Å². The van der Waals surface area contributed by atoms with E-state index in [-0.39, 0.29) is 11.8 Å². The predicted octanol–water partition coefficient (Wildman–Crippen LogP) is 1.28. The molecule has 0 unspecified atom stereocenters. The van der Waals surface area contributed by atoms with Crippen LogP contribution in [0.5, 0.6) is 0 Å². The van der Waals surface area contributed by atoms with E-state index in [1.807, 2.05) is 0 Å². The number of urea groups is 1. The molecule has 1 aromatic heterocycles. The van der Waals surface area contributed by atoms with E-state index >= 15 is 0 Å². The zero-order chi connectivity index (χ0) is 15.3. The Bertz CT molecular complexity index is 480. The molecule has 0 aromatic carbocycles. The molecule has 21 heavy (non-hydrogen) atoms. The number of aromatic nitrogens is 2. The first-order valence-electron chi connectivity index (χ1n) is 7.23. The van der Waals surface area contributed by atoms with Crippen molar-refractivity contribution >= 4 is 12.0 Å². The molecule has 7 heteroatoms. The van der Waals surface area contributed by atoms with Gasteiger partial charge in [-0.2, -0.15) is 0 Å². The number of carbonyl (C=O) groups is 2. The zero-order valence-electron chi connectivity index (χ0n) is 12.2. The highest BCUT2D eigenvalue weighted by Crippen LogP contribution is 2.36. The summed E-state index contributed by atoms with van der Waals surface area (Å²) in [5, 5.41) is 14.5. The number of carbonyl (C=O) groups excluding carboxylic acids is 1. The first kappa shape index (κ1) is 15.3. The number of imidazole rings is 1. The lowest BCUT2D eigenvalue weighted by Gasteiger charge is -2.24. The van der Waals surface area contributed by atoms with E-state index in [0.717, 1.165) is 12.8 Å². The summed E-state index contributed by atoms with van der Waals surface area (Å²) >= 11 is 0. The van der Waals surface area contributed by atoms with Crippen molar-refractivity contribution in [3.8, 4) is 0 Å². The molecule has 0 bridgehead atoms. The second-order valence-electron chi connectivity index (χ2n) is 6.02. The molecule has 116 valence electrons. The first-order valence-corrected chi connectivity index (χ1v) is 7.23. The molecular weight excluding hydrogens is 272 g/mol. The molecule has 1 atom stereocenters. The van der Waals surface area contributed by atoms with Crippen LogP contribution in [0.2, 0.25) is 0 Å². The van der Waals surface area contributed by atoms with Crippen molar-refractivity contribution in [1.29, 1.82) is 0 Å². The van der Waals surface area contributed by atoms with Gasteiger partial charge in [-0.25, -0.2) is 14.6 Å². The maximum atomic E-state index is 11.9. The van der Waals surface area contributed by atoms with Gasteiger partial charge in [0.1, 0.15) is 6.04 Å². The van der Waals surface area contributed by atoms with Gasteiger partial charge >= 0.3 is 12.0 Å². The van der Waals surface area contributed by atoms with Gasteiger partial charge in [0.15, 0.2) is 0 Å². The number of hydrogen-bond acceptors (Lipinski definition) is 3. The molecule has 1 saturated carbocycles. The second kappa shape index (κ2) is 6.60. The third-order valence-electron chi connectivity index (χ3n) is 4.07. The van der Waals surface area contributed by atoms with E-state index in [2.05, 4.69) is 27.5 Å². The Labute approximate surface area is 123 Å². The van der Waals surface area contributed by atoms with Gasteiger partial charge in [-0.1, -0.05) is 19.8 Å². The lowest BCUT2D eigenvalue weighted by molar-refractivity contribution is -0.139. The van der Waals surface area contributed by atoms with Gasteiger partial charge in [0.25, 0.3) is 0 Å². The normalized spacial score (nSPS) is 18.1. The highest BCUT2D eigenvalue weighted by molar-refractivity contribution is 5.82. The van der Waals surface area contributed by atoms with Crippen LogP contribution in [-0.4, -0.2) is 39.7 Å². The Morgan fingerprint density at radius 3 is 2.76 bits per heavy atom. The number of hydrogen-bond donors (Lipinski definition) is 4. The third kappa shape index (κ3) is 4.47. The number of carboxylic acids is 1. The van der Waals surface area contributed by atoms with Crippen molar-refractivity contribution in [2.45, 2.75) is 45.1 Å². The summed E-state index contributed by atoms with van der Waals surface area (Å²) in [5.74, 6) is -1.06. The standard InChI is InChI=1S/C14H22N4O3/c1-14(4-2-3-5-14)8-16-13(21)18-11(12(19)20)6-10-7-15-9-17-10/h7,9,11H,2-6,8H2,1H3,(H,15,17)(H,19,20)(H2,16,18,21)/t11-/m0/s1. The number of H-pyrrole nitrogens is 1. The van der Waals surface area contributed by atoms with Gasteiger partial charge in [-0.3, -0.25) is 0 Å². The van der Waals surface area contributed by atoms with Gasteiger partial charge < -0.3 is 20.7 Å². The fourth-order valence-electron chi connectivity index (χ4n) is 2.72. The summed E-state index contributed by atoms with van der Waals surface area (Å²) < 4.78 is 0. The smallest absolute Gasteiger partial charge is 0.326 e. The Morgan fingerprint density at radius 1 is 1.48 bits per heavy atom. The van der Waals surface area contributed by atoms with E-state index in [1.165, 1.54) is 19.2 Å². The maximum Gasteiger partial charge on any atom is 0.326 e. The molecule has 1 heterocycles. The van der Waals surface area contributed by atoms with E-state index in [1.54, 1.807) is 6.20 Å². The van der Waals surface area contributed by atoms with Crippen LogP contribution in [-0.2, 0) is 11.2 Å². The Kier molecular flexibility index (Phi) is 4.82. The van der Waals surface area contributed by atoms with Crippen LogP contribution in [0.4, 0.5) is 4.79 Å². The molecule has 0 aliphatic heterocycles. The molecule has 4 N–H and O–H groups in total. The molecule has 0 saturated heterocycles. The summed E-state index contributed by atoms with van der Waals surface area (Å²) in [6.07, 6.45) is 7.80. The molecule has 1 fully saturated rings. The lowest BCUT2D eigenvalue weighted by atomic mass is 9.89. The summed E-state index contributed by atoms with van der Waals surface area (Å²) in [4.78, 5) is 29.7. The van der Waals surface area contributed by atoms with Crippen LogP contribution in [0, 0.1) is 5.41 Å². The molecule has 1 aliphatic carbocycles. The van der Waals surface area contributed by atoms with Crippen LogP contribution in [0.3, 0.4) is 0 Å². The van der Waals surface area contributed by atoms with E-state index in [9.17, 15) is 14.7 Å². The Hall–Kier alpha value is -2.05. The minimum atomic E-state index is -1.06. The van der Waals surface area contributed by atoms with Gasteiger partial charge in [-0.15, -0.1) is 0 Å². The molecule has 7 nitrogen and oxygen atoms in total. The van der Waals surface area contributed by atoms with Crippen LogP contribution in [0.25, 0.3) is 0 Å². The maximum absolute atomic E-state index is 11.9. The number of aromatic amines is 1. The molecule has 1 aromatic rings. The third-order valence-corrected chi connectivity index (χ3v) is 4.07. The monoisotopic (exact) mass is 294 g/mol. The number of nitrogens with one attached hydrogen (secondary N) is 3. The minimum absolute atomic E-state index is 0.138. The number of nitrogens with zero attached hydrogens (tertiary/aromatic N) is 1. The fourth-order valence-corrected chi connectivity index (χ4v) is 2.72. The fraction of sp³-hybridized carbons (Fsp3) is 0.643. The van der Waals surface area contributed by atoms with E-state index in [4.69, 9.17) is 0 Å². The predicted molar refractivity (Wildman–Crippen MR) is 76.8 cm³/mol. The molecule has 0 spiro atoms. The van der Waals surface area contributed by atoms with E-state index in [0.29, 0.717) is 12.2 Å². The summed E-state index contributed by atoms with van der Waals surface area (Å²) in [5.41, 5.74) is 0.810. The Balaban J connectivity index is 1.82. The molecule has 1 aliphatic rings. The first-order chi connectivity index (χ1) is 9.98. The number of rotatable bonds is 6. The highest BCUT2D eigenvalue weighted by Gasteiger charge is 2.29. The highest BCUT2D eigenvalue weighted by atomic mass is 16.4. The summed E-state index contributed by atoms with van der Waals surface area (Å²) in [6.45, 7) is 2.73. The molecule has 0 radical (unpaired) electrons. The van der Waals surface area contributed by atoms with Gasteiger partial charge in [0.2, 0.25) is 0 Å². The Morgan fingerprint density at radius 2 is 2.19 bits per heavy atom. The lowest BCUT2D eigenvalue weighted by Crippen LogP contribution is -2.49. The van der Waals surface area contributed by atoms with Crippen molar-refractivity contribution in [3.63, 3.8) is 0 Å². The van der Waals surface area contributed by atoms with Crippen molar-refractivity contribution in [2.24, 2.45) is 5.41 Å². The minimum Gasteiger partial charge on any atom is -0.480 e. The van der Waals surface area contributed by atoms with Gasteiger partial charge in [0.05, 0.1) is 6.33 Å². The van der Waals surface area contributed by atoms with Crippen molar-refractivity contribution < 1.29 is 14.7 Å². The van der Waals surface area contributed by atoms with Crippen LogP contribution in [0.15, 0.2) is 12.5 Å². The average molecular weight is 294 g/mol. The molecule has 2 amide bonds. The largest absolute Gasteiger partial charge is 0.480 e. The van der Waals surface area contributed by atoms with Crippen molar-refractivity contribution in [3.05, 3.63) is 18.2 Å². The van der Waals surface area contributed by atoms with Crippen molar-refractivity contribution in [1.82, 2.24) is 20.6 Å². The van der Waals surface area contributed by atoms with Gasteiger partial charge in [0, 0.05) is 24.9 Å². The molecule has 2 rings (SSSR count).